The average molecular weight is 256 g/mol. The van der Waals surface area contributed by atoms with E-state index >= 15 is 0 Å². The first-order valence-corrected chi connectivity index (χ1v) is 7.09. The molecule has 0 radical (unpaired) electrons. The first-order chi connectivity index (χ1) is 9.33. The predicted octanol–water partition coefficient (Wildman–Crippen LogP) is 3.55. The second kappa shape index (κ2) is 5.08. The third kappa shape index (κ3) is 2.14. The molecule has 0 bridgehead atoms. The van der Waals surface area contributed by atoms with Crippen LogP contribution < -0.4 is 10.1 Å². The minimum absolute atomic E-state index is 0.763. The van der Waals surface area contributed by atoms with Crippen molar-refractivity contribution in [3.05, 3.63) is 29.5 Å². The van der Waals surface area contributed by atoms with Crippen LogP contribution in [0.5, 0.6) is 5.75 Å². The van der Waals surface area contributed by atoms with Gasteiger partial charge in [-0.2, -0.15) is 0 Å². The Labute approximate surface area is 114 Å². The average Bonchev–Trinajstić information content (AvgIpc) is 2.90. The van der Waals surface area contributed by atoms with Crippen LogP contribution in [0.15, 0.2) is 18.2 Å². The molecule has 0 atom stereocenters. The molecule has 0 unspecified atom stereocenters. The van der Waals surface area contributed by atoms with Crippen LogP contribution in [0, 0.1) is 0 Å². The van der Waals surface area contributed by atoms with E-state index in [1.54, 1.807) is 0 Å². The highest BCUT2D eigenvalue weighted by atomic mass is 16.5. The van der Waals surface area contributed by atoms with Gasteiger partial charge in [0.15, 0.2) is 0 Å². The molecule has 0 amide bonds. The number of rotatable bonds is 4. The maximum Gasteiger partial charge on any atom is 0.120 e. The SMILES string of the molecule is CCCOc1ccc2nc3c(c(NC)c2c1)CCC3. The van der Waals surface area contributed by atoms with Crippen molar-refractivity contribution in [1.82, 2.24) is 4.98 Å². The molecule has 1 aromatic heterocycles. The molecule has 1 heterocycles. The monoisotopic (exact) mass is 256 g/mol. The zero-order valence-electron chi connectivity index (χ0n) is 11.6. The van der Waals surface area contributed by atoms with Crippen LogP contribution in [0.1, 0.15) is 31.0 Å². The Morgan fingerprint density at radius 2 is 2.21 bits per heavy atom. The number of nitrogens with one attached hydrogen (secondary N) is 1. The summed E-state index contributed by atoms with van der Waals surface area (Å²) in [5.74, 6) is 0.936. The maximum atomic E-state index is 5.73. The summed E-state index contributed by atoms with van der Waals surface area (Å²) in [6, 6.07) is 6.20. The number of ether oxygens (including phenoxy) is 1. The van der Waals surface area contributed by atoms with Gasteiger partial charge in [0.2, 0.25) is 0 Å². The van der Waals surface area contributed by atoms with Crippen LogP contribution in [-0.2, 0) is 12.8 Å². The molecule has 2 aromatic rings. The second-order valence-electron chi connectivity index (χ2n) is 5.04. The number of pyridine rings is 1. The molecule has 100 valence electrons. The van der Waals surface area contributed by atoms with Crippen molar-refractivity contribution in [2.45, 2.75) is 32.6 Å². The minimum atomic E-state index is 0.763. The Kier molecular flexibility index (Phi) is 3.28. The number of anilines is 1. The van der Waals surface area contributed by atoms with Gasteiger partial charge in [-0.1, -0.05) is 6.92 Å². The lowest BCUT2D eigenvalue weighted by Gasteiger charge is -2.13. The van der Waals surface area contributed by atoms with Crippen LogP contribution in [0.25, 0.3) is 10.9 Å². The number of hydrogen-bond donors (Lipinski definition) is 1. The number of aryl methyl sites for hydroxylation is 1. The van der Waals surface area contributed by atoms with Gasteiger partial charge in [-0.25, -0.2) is 0 Å². The van der Waals surface area contributed by atoms with Gasteiger partial charge < -0.3 is 10.1 Å². The summed E-state index contributed by atoms with van der Waals surface area (Å²) in [6.45, 7) is 2.88. The predicted molar refractivity (Wildman–Crippen MR) is 79.1 cm³/mol. The maximum absolute atomic E-state index is 5.73. The summed E-state index contributed by atoms with van der Waals surface area (Å²) < 4.78 is 5.73. The fourth-order valence-electron chi connectivity index (χ4n) is 2.84. The van der Waals surface area contributed by atoms with Crippen LogP contribution >= 0.6 is 0 Å². The quantitative estimate of drug-likeness (QED) is 0.908. The van der Waals surface area contributed by atoms with Gasteiger partial charge in [0.1, 0.15) is 5.75 Å². The van der Waals surface area contributed by atoms with Crippen molar-refractivity contribution in [3.8, 4) is 5.75 Å². The third-order valence-corrected chi connectivity index (χ3v) is 3.71. The molecule has 1 N–H and O–H groups in total. The van der Waals surface area contributed by atoms with Gasteiger partial charge in [-0.3, -0.25) is 4.98 Å². The summed E-state index contributed by atoms with van der Waals surface area (Å²) in [5.41, 5.74) is 4.95. The molecule has 1 aliphatic rings. The van der Waals surface area contributed by atoms with Gasteiger partial charge >= 0.3 is 0 Å². The molecular weight excluding hydrogens is 236 g/mol. The van der Waals surface area contributed by atoms with Crippen molar-refractivity contribution in [1.29, 1.82) is 0 Å². The number of benzene rings is 1. The van der Waals surface area contributed by atoms with E-state index in [0.29, 0.717) is 0 Å². The van der Waals surface area contributed by atoms with Gasteiger partial charge in [0, 0.05) is 23.8 Å². The largest absolute Gasteiger partial charge is 0.494 e. The lowest BCUT2D eigenvalue weighted by molar-refractivity contribution is 0.318. The van der Waals surface area contributed by atoms with E-state index in [0.717, 1.165) is 37.1 Å². The first-order valence-electron chi connectivity index (χ1n) is 7.09. The van der Waals surface area contributed by atoms with E-state index in [9.17, 15) is 0 Å². The zero-order valence-corrected chi connectivity index (χ0v) is 11.6. The molecule has 0 aliphatic heterocycles. The van der Waals surface area contributed by atoms with Crippen molar-refractivity contribution >= 4 is 16.6 Å². The van der Waals surface area contributed by atoms with E-state index in [1.807, 2.05) is 13.1 Å². The molecule has 0 saturated heterocycles. The lowest BCUT2D eigenvalue weighted by atomic mass is 10.1. The highest BCUT2D eigenvalue weighted by Crippen LogP contribution is 2.35. The number of nitrogens with zero attached hydrogens (tertiary/aromatic N) is 1. The fraction of sp³-hybridized carbons (Fsp3) is 0.438. The van der Waals surface area contributed by atoms with E-state index in [-0.39, 0.29) is 0 Å². The van der Waals surface area contributed by atoms with Crippen molar-refractivity contribution < 1.29 is 4.74 Å². The molecule has 1 aliphatic carbocycles. The van der Waals surface area contributed by atoms with E-state index in [2.05, 4.69) is 24.4 Å². The van der Waals surface area contributed by atoms with Gasteiger partial charge in [0.05, 0.1) is 12.1 Å². The molecule has 3 heteroatoms. The summed E-state index contributed by atoms with van der Waals surface area (Å²) in [4.78, 5) is 4.79. The van der Waals surface area contributed by atoms with Crippen LogP contribution in [0.4, 0.5) is 5.69 Å². The molecule has 0 spiro atoms. The molecule has 0 fully saturated rings. The van der Waals surface area contributed by atoms with E-state index in [4.69, 9.17) is 9.72 Å². The summed E-state index contributed by atoms with van der Waals surface area (Å²) in [5, 5.41) is 4.54. The van der Waals surface area contributed by atoms with Crippen LogP contribution in [0.2, 0.25) is 0 Å². The highest BCUT2D eigenvalue weighted by Gasteiger charge is 2.19. The van der Waals surface area contributed by atoms with E-state index in [1.165, 1.54) is 28.8 Å². The van der Waals surface area contributed by atoms with Crippen LogP contribution in [0.3, 0.4) is 0 Å². The summed E-state index contributed by atoms with van der Waals surface area (Å²) in [6.07, 6.45) is 4.48. The minimum Gasteiger partial charge on any atom is -0.494 e. The molecule has 3 nitrogen and oxygen atoms in total. The Morgan fingerprint density at radius 1 is 1.32 bits per heavy atom. The molecule has 19 heavy (non-hydrogen) atoms. The fourth-order valence-corrected chi connectivity index (χ4v) is 2.84. The Hall–Kier alpha value is -1.77. The first kappa shape index (κ1) is 12.3. The molecule has 3 rings (SSSR count). The summed E-state index contributed by atoms with van der Waals surface area (Å²) >= 11 is 0. The second-order valence-corrected chi connectivity index (χ2v) is 5.04. The smallest absolute Gasteiger partial charge is 0.120 e. The highest BCUT2D eigenvalue weighted by molar-refractivity contribution is 5.94. The van der Waals surface area contributed by atoms with Crippen molar-refractivity contribution in [2.24, 2.45) is 0 Å². The Morgan fingerprint density at radius 3 is 3.00 bits per heavy atom. The van der Waals surface area contributed by atoms with Gasteiger partial charge in [-0.15, -0.1) is 0 Å². The summed E-state index contributed by atoms with van der Waals surface area (Å²) in [7, 11) is 1.99. The Balaban J connectivity index is 2.13. The van der Waals surface area contributed by atoms with Crippen molar-refractivity contribution in [2.75, 3.05) is 19.0 Å². The van der Waals surface area contributed by atoms with Gasteiger partial charge in [-0.05, 0) is 49.4 Å². The number of fused-ring (bicyclic) bond motifs is 2. The van der Waals surface area contributed by atoms with E-state index < -0.39 is 0 Å². The van der Waals surface area contributed by atoms with Gasteiger partial charge in [0.25, 0.3) is 0 Å². The topological polar surface area (TPSA) is 34.1 Å². The molecular formula is C16H20N2O. The number of hydrogen-bond acceptors (Lipinski definition) is 3. The molecule has 0 saturated carbocycles. The Bertz CT molecular complexity index is 607. The number of aromatic nitrogens is 1. The van der Waals surface area contributed by atoms with Crippen LogP contribution in [-0.4, -0.2) is 18.6 Å². The third-order valence-electron chi connectivity index (χ3n) is 3.71. The lowest BCUT2D eigenvalue weighted by Crippen LogP contribution is -2.00. The zero-order chi connectivity index (χ0) is 13.2. The standard InChI is InChI=1S/C16H20N2O/c1-3-9-19-11-7-8-15-13(10-11)16(17-2)12-5-4-6-14(12)18-15/h7-8,10H,3-6,9H2,1-2H3,(H,17,18). The molecule has 1 aromatic carbocycles. The normalized spacial score (nSPS) is 13.6. The van der Waals surface area contributed by atoms with Crippen molar-refractivity contribution in [3.63, 3.8) is 0 Å².